The molecule has 126 valence electrons. The van der Waals surface area contributed by atoms with E-state index in [4.69, 9.17) is 9.47 Å². The molecule has 21 heavy (non-hydrogen) atoms. The summed E-state index contributed by atoms with van der Waals surface area (Å²) in [6, 6.07) is 0. The van der Waals surface area contributed by atoms with Crippen LogP contribution in [0.15, 0.2) is 0 Å². The highest BCUT2D eigenvalue weighted by molar-refractivity contribution is 7.67. The predicted molar refractivity (Wildman–Crippen MR) is 82.5 cm³/mol. The van der Waals surface area contributed by atoms with E-state index in [1.54, 1.807) is 0 Å². The van der Waals surface area contributed by atoms with Gasteiger partial charge in [0.05, 0.1) is 0 Å². The van der Waals surface area contributed by atoms with Crippen molar-refractivity contribution in [3.8, 4) is 0 Å². The van der Waals surface area contributed by atoms with Crippen LogP contribution in [0.2, 0.25) is 0 Å². The smallest absolute Gasteiger partial charge is 0.259 e. The van der Waals surface area contributed by atoms with Crippen molar-refractivity contribution in [3.63, 3.8) is 0 Å². The fourth-order valence-electron chi connectivity index (χ4n) is 2.53. The van der Waals surface area contributed by atoms with Crippen LogP contribution in [0.25, 0.3) is 0 Å². The standard InChI is InChI=1S/C15H30O5S/c1-2-3-4-5-6-7-8-9-10-11-12-14-18-13-15(19-14)20-21(16)17/h14-15,21H,2-13H2,1H3. The van der Waals surface area contributed by atoms with E-state index in [0.29, 0.717) is 0 Å². The average molecular weight is 322 g/mol. The molecule has 0 bridgehead atoms. The molecule has 2 unspecified atom stereocenters. The largest absolute Gasteiger partial charge is 0.347 e. The van der Waals surface area contributed by atoms with Crippen molar-refractivity contribution in [2.24, 2.45) is 0 Å². The maximum absolute atomic E-state index is 10.4. The van der Waals surface area contributed by atoms with E-state index >= 15 is 0 Å². The molecule has 0 aliphatic carbocycles. The monoisotopic (exact) mass is 322 g/mol. The zero-order chi connectivity index (χ0) is 15.3. The van der Waals surface area contributed by atoms with Crippen LogP contribution >= 0.6 is 0 Å². The zero-order valence-electron chi connectivity index (χ0n) is 13.1. The summed E-state index contributed by atoms with van der Waals surface area (Å²) in [6.45, 7) is 2.44. The maximum atomic E-state index is 10.4. The molecular weight excluding hydrogens is 292 g/mol. The molecule has 5 nitrogen and oxygen atoms in total. The van der Waals surface area contributed by atoms with Crippen LogP contribution in [-0.2, 0) is 24.6 Å². The Morgan fingerprint density at radius 3 is 2.10 bits per heavy atom. The summed E-state index contributed by atoms with van der Waals surface area (Å²) >= 11 is 0. The van der Waals surface area contributed by atoms with E-state index < -0.39 is 17.3 Å². The molecule has 0 aromatic heterocycles. The van der Waals surface area contributed by atoms with Gasteiger partial charge >= 0.3 is 0 Å². The molecule has 0 spiro atoms. The van der Waals surface area contributed by atoms with Crippen LogP contribution in [0.4, 0.5) is 0 Å². The fraction of sp³-hybridized carbons (Fsp3) is 1.00. The molecule has 1 aliphatic rings. The first-order valence-corrected chi connectivity index (χ1v) is 9.40. The molecule has 1 heterocycles. The summed E-state index contributed by atoms with van der Waals surface area (Å²) in [5.74, 6) is 0. The molecule has 2 atom stereocenters. The number of hydrogen-bond donors (Lipinski definition) is 1. The van der Waals surface area contributed by atoms with Crippen LogP contribution in [-0.4, -0.2) is 27.6 Å². The summed E-state index contributed by atoms with van der Waals surface area (Å²) in [6.07, 6.45) is 12.7. The van der Waals surface area contributed by atoms with Crippen molar-refractivity contribution in [1.29, 1.82) is 0 Å². The van der Waals surface area contributed by atoms with Gasteiger partial charge in [-0.2, -0.15) is 0 Å². The van der Waals surface area contributed by atoms with Gasteiger partial charge in [0.15, 0.2) is 6.29 Å². The lowest BCUT2D eigenvalue weighted by molar-refractivity contribution is -0.104. The Hall–Kier alpha value is -0.170. The quantitative estimate of drug-likeness (QED) is 0.415. The van der Waals surface area contributed by atoms with Gasteiger partial charge in [-0.15, -0.1) is 0 Å². The van der Waals surface area contributed by atoms with Crippen molar-refractivity contribution in [2.75, 3.05) is 6.61 Å². The van der Waals surface area contributed by atoms with Gasteiger partial charge < -0.3 is 9.47 Å². The van der Waals surface area contributed by atoms with Gasteiger partial charge in [-0.3, -0.25) is 0 Å². The predicted octanol–water partition coefficient (Wildman–Crippen LogP) is 3.54. The second kappa shape index (κ2) is 12.4. The summed E-state index contributed by atoms with van der Waals surface area (Å²) < 4.78 is 36.0. The van der Waals surface area contributed by atoms with Crippen molar-refractivity contribution in [3.05, 3.63) is 0 Å². The molecule has 1 aliphatic heterocycles. The van der Waals surface area contributed by atoms with Crippen LogP contribution in [0.1, 0.15) is 77.6 Å². The highest BCUT2D eigenvalue weighted by Gasteiger charge is 2.26. The molecule has 0 saturated carbocycles. The lowest BCUT2D eigenvalue weighted by Gasteiger charge is -2.09. The first-order chi connectivity index (χ1) is 10.2. The minimum Gasteiger partial charge on any atom is -0.347 e. The SMILES string of the molecule is CCCCCCCCCCCCC1OCC(O[SH](=O)=O)O1. The zero-order valence-corrected chi connectivity index (χ0v) is 14.0. The van der Waals surface area contributed by atoms with E-state index in [0.717, 1.165) is 12.8 Å². The Bertz CT molecular complexity index is 311. The second-order valence-electron chi connectivity index (χ2n) is 5.63. The van der Waals surface area contributed by atoms with Crippen LogP contribution in [0.5, 0.6) is 0 Å². The molecule has 0 aromatic carbocycles. The normalized spacial score (nSPS) is 22.2. The highest BCUT2D eigenvalue weighted by Crippen LogP contribution is 2.19. The molecule has 0 aromatic rings. The minimum atomic E-state index is -2.86. The molecule has 1 saturated heterocycles. The van der Waals surface area contributed by atoms with Gasteiger partial charge in [0.1, 0.15) is 6.61 Å². The number of thiol groups is 1. The van der Waals surface area contributed by atoms with Gasteiger partial charge in [-0.25, -0.2) is 12.6 Å². The molecular formula is C15H30O5S. The maximum Gasteiger partial charge on any atom is 0.259 e. The van der Waals surface area contributed by atoms with E-state index in [9.17, 15) is 8.42 Å². The summed E-state index contributed by atoms with van der Waals surface area (Å²) in [5.41, 5.74) is 0. The van der Waals surface area contributed by atoms with Gasteiger partial charge in [0.2, 0.25) is 6.29 Å². The number of ether oxygens (including phenoxy) is 2. The molecule has 1 fully saturated rings. The number of unbranched alkanes of at least 4 members (excludes halogenated alkanes) is 9. The molecule has 0 radical (unpaired) electrons. The first-order valence-electron chi connectivity index (χ1n) is 8.30. The van der Waals surface area contributed by atoms with Crippen LogP contribution in [0, 0.1) is 0 Å². The summed E-state index contributed by atoms with van der Waals surface area (Å²) in [5, 5.41) is 0. The van der Waals surface area contributed by atoms with Crippen molar-refractivity contribution in [2.45, 2.75) is 90.1 Å². The third-order valence-electron chi connectivity index (χ3n) is 3.72. The summed E-state index contributed by atoms with van der Waals surface area (Å²) in [4.78, 5) is 0. The summed E-state index contributed by atoms with van der Waals surface area (Å²) in [7, 11) is -2.86. The van der Waals surface area contributed by atoms with Gasteiger partial charge in [-0.05, 0) is 12.8 Å². The van der Waals surface area contributed by atoms with Gasteiger partial charge in [0.25, 0.3) is 11.0 Å². The minimum absolute atomic E-state index is 0.200. The third-order valence-corrected chi connectivity index (χ3v) is 4.13. The van der Waals surface area contributed by atoms with Crippen molar-refractivity contribution < 1.29 is 22.1 Å². The highest BCUT2D eigenvalue weighted by atomic mass is 32.2. The van der Waals surface area contributed by atoms with E-state index in [2.05, 4.69) is 11.1 Å². The van der Waals surface area contributed by atoms with E-state index in [-0.39, 0.29) is 12.9 Å². The molecule has 0 amide bonds. The molecule has 6 heteroatoms. The van der Waals surface area contributed by atoms with Gasteiger partial charge in [-0.1, -0.05) is 64.7 Å². The molecule has 1 rings (SSSR count). The number of rotatable bonds is 13. The average Bonchev–Trinajstić information content (AvgIpc) is 2.87. The van der Waals surface area contributed by atoms with Crippen molar-refractivity contribution in [1.82, 2.24) is 0 Å². The van der Waals surface area contributed by atoms with Gasteiger partial charge in [0, 0.05) is 0 Å². The Morgan fingerprint density at radius 2 is 1.52 bits per heavy atom. The Balaban J connectivity index is 1.84. The Kier molecular flexibility index (Phi) is 11.1. The third kappa shape index (κ3) is 10.2. The van der Waals surface area contributed by atoms with E-state index in [1.165, 1.54) is 57.8 Å². The molecule has 0 N–H and O–H groups in total. The topological polar surface area (TPSA) is 61.8 Å². The van der Waals surface area contributed by atoms with E-state index in [1.807, 2.05) is 0 Å². The lowest BCUT2D eigenvalue weighted by atomic mass is 10.1. The second-order valence-corrected chi connectivity index (χ2v) is 6.29. The fourth-order valence-corrected chi connectivity index (χ4v) is 2.84. The lowest BCUT2D eigenvalue weighted by Crippen LogP contribution is -2.15. The van der Waals surface area contributed by atoms with Crippen molar-refractivity contribution >= 4 is 11.0 Å². The van der Waals surface area contributed by atoms with Crippen LogP contribution < -0.4 is 0 Å². The Labute approximate surface area is 130 Å². The number of hydrogen-bond acceptors (Lipinski definition) is 5. The Morgan fingerprint density at radius 1 is 0.952 bits per heavy atom. The van der Waals surface area contributed by atoms with Crippen LogP contribution in [0.3, 0.4) is 0 Å². The first kappa shape index (κ1) is 18.9.